The molecule has 0 unspecified atom stereocenters. The Hall–Kier alpha value is -2.57. The highest BCUT2D eigenvalue weighted by molar-refractivity contribution is 6.35. The predicted molar refractivity (Wildman–Crippen MR) is 130 cm³/mol. The zero-order valence-electron chi connectivity index (χ0n) is 18.9. The Labute approximate surface area is 204 Å². The largest absolute Gasteiger partial charge is 0.354 e. The number of halogens is 2. The van der Waals surface area contributed by atoms with Crippen molar-refractivity contribution in [3.63, 3.8) is 0 Å². The van der Waals surface area contributed by atoms with E-state index in [0.29, 0.717) is 35.0 Å². The predicted octanol–water partition coefficient (Wildman–Crippen LogP) is 5.24. The Bertz CT molecular complexity index is 1020. The second kappa shape index (κ2) is 11.0. The smallest absolute Gasteiger partial charge is 0.325 e. The Morgan fingerprint density at radius 1 is 1.09 bits per heavy atom. The van der Waals surface area contributed by atoms with E-state index in [1.54, 1.807) is 12.1 Å². The van der Waals surface area contributed by atoms with Gasteiger partial charge in [0, 0.05) is 22.5 Å². The summed E-state index contributed by atoms with van der Waals surface area (Å²) < 4.78 is 0. The van der Waals surface area contributed by atoms with Crippen molar-refractivity contribution in [2.45, 2.75) is 51.0 Å². The third-order valence-electron chi connectivity index (χ3n) is 5.95. The Kier molecular flexibility index (Phi) is 8.38. The van der Waals surface area contributed by atoms with Crippen LogP contribution in [0.25, 0.3) is 0 Å². The molecular formula is C25H29Cl2N3O3. The quantitative estimate of drug-likeness (QED) is 0.447. The van der Waals surface area contributed by atoms with Crippen LogP contribution in [0.5, 0.6) is 0 Å². The molecule has 3 rings (SSSR count). The molecule has 33 heavy (non-hydrogen) atoms. The highest BCUT2D eigenvalue weighted by Gasteiger charge is 2.52. The van der Waals surface area contributed by atoms with Gasteiger partial charge in [-0.15, -0.1) is 0 Å². The zero-order chi connectivity index (χ0) is 24.0. The molecule has 1 aliphatic rings. The first kappa shape index (κ1) is 25.1. The molecule has 4 amide bonds. The van der Waals surface area contributed by atoms with Gasteiger partial charge in [-0.3, -0.25) is 14.5 Å². The van der Waals surface area contributed by atoms with Crippen LogP contribution in [0.15, 0.2) is 48.5 Å². The number of nitrogens with one attached hydrogen (secondary N) is 2. The lowest BCUT2D eigenvalue weighted by molar-refractivity contribution is -0.135. The van der Waals surface area contributed by atoms with Crippen LogP contribution in [0.1, 0.15) is 56.6 Å². The van der Waals surface area contributed by atoms with Crippen molar-refractivity contribution >= 4 is 41.0 Å². The standard InChI is InChI=1S/C25H29Cl2N3O3/c1-3-8-17(20-12-11-19(26)14-21(20)27)15-28-22(31)16-30-23(32)25(13-4-2,29-24(30)33)18-9-6-5-7-10-18/h5-7,9-12,14,17H,3-4,8,13,15-16H2,1-2H3,(H,28,31)(H,29,33)/t17-,25+/m1/s1. The van der Waals surface area contributed by atoms with E-state index in [9.17, 15) is 14.4 Å². The van der Waals surface area contributed by atoms with Gasteiger partial charge >= 0.3 is 6.03 Å². The van der Waals surface area contributed by atoms with Crippen molar-refractivity contribution in [3.8, 4) is 0 Å². The van der Waals surface area contributed by atoms with E-state index in [0.717, 1.165) is 23.3 Å². The Morgan fingerprint density at radius 3 is 2.45 bits per heavy atom. The van der Waals surface area contributed by atoms with E-state index in [1.165, 1.54) is 0 Å². The molecule has 0 saturated carbocycles. The number of rotatable bonds is 10. The fourth-order valence-corrected chi connectivity index (χ4v) is 4.92. The molecule has 1 aliphatic heterocycles. The third-order valence-corrected chi connectivity index (χ3v) is 6.52. The van der Waals surface area contributed by atoms with Crippen molar-refractivity contribution in [2.75, 3.05) is 13.1 Å². The average molecular weight is 490 g/mol. The molecule has 0 bridgehead atoms. The van der Waals surface area contributed by atoms with Gasteiger partial charge in [0.05, 0.1) is 0 Å². The SMILES string of the molecule is CCC[C@H](CNC(=O)CN1C(=O)N[C@@](CCC)(c2ccccc2)C1=O)c1ccc(Cl)cc1Cl. The molecule has 0 radical (unpaired) electrons. The number of carbonyl (C=O) groups is 3. The molecule has 1 fully saturated rings. The lowest BCUT2D eigenvalue weighted by atomic mass is 9.85. The summed E-state index contributed by atoms with van der Waals surface area (Å²) in [5, 5.41) is 6.82. The van der Waals surface area contributed by atoms with Crippen LogP contribution in [-0.2, 0) is 15.1 Å². The topological polar surface area (TPSA) is 78.5 Å². The fraction of sp³-hybridized carbons (Fsp3) is 0.400. The van der Waals surface area contributed by atoms with Crippen LogP contribution in [0, 0.1) is 0 Å². The molecule has 8 heteroatoms. The monoisotopic (exact) mass is 489 g/mol. The van der Waals surface area contributed by atoms with Crippen LogP contribution in [0.3, 0.4) is 0 Å². The van der Waals surface area contributed by atoms with Gasteiger partial charge in [-0.2, -0.15) is 0 Å². The summed E-state index contributed by atoms with van der Waals surface area (Å²) in [6.07, 6.45) is 2.87. The number of carbonyl (C=O) groups excluding carboxylic acids is 3. The first-order chi connectivity index (χ1) is 15.8. The molecule has 6 nitrogen and oxygen atoms in total. The van der Waals surface area contributed by atoms with Gasteiger partial charge in [-0.1, -0.05) is 86.3 Å². The first-order valence-electron chi connectivity index (χ1n) is 11.2. The second-order valence-electron chi connectivity index (χ2n) is 8.30. The molecule has 2 N–H and O–H groups in total. The lowest BCUT2D eigenvalue weighted by Crippen LogP contribution is -2.45. The van der Waals surface area contributed by atoms with Crippen molar-refractivity contribution < 1.29 is 14.4 Å². The number of hydrogen-bond donors (Lipinski definition) is 2. The molecule has 0 aliphatic carbocycles. The summed E-state index contributed by atoms with van der Waals surface area (Å²) in [5.74, 6) is -0.804. The molecule has 0 aromatic heterocycles. The zero-order valence-corrected chi connectivity index (χ0v) is 20.4. The maximum atomic E-state index is 13.3. The highest BCUT2D eigenvalue weighted by Crippen LogP contribution is 2.34. The third kappa shape index (κ3) is 5.50. The van der Waals surface area contributed by atoms with Crippen molar-refractivity contribution in [2.24, 2.45) is 0 Å². The number of urea groups is 1. The number of nitrogens with zero attached hydrogens (tertiary/aromatic N) is 1. The second-order valence-corrected chi connectivity index (χ2v) is 9.14. The van der Waals surface area contributed by atoms with Crippen LogP contribution in [0.4, 0.5) is 4.79 Å². The summed E-state index contributed by atoms with van der Waals surface area (Å²) >= 11 is 12.4. The Morgan fingerprint density at radius 2 is 1.82 bits per heavy atom. The molecule has 1 heterocycles. The Balaban J connectivity index is 1.70. The maximum Gasteiger partial charge on any atom is 0.325 e. The van der Waals surface area contributed by atoms with E-state index in [1.807, 2.05) is 43.3 Å². The molecule has 1 saturated heterocycles. The van der Waals surface area contributed by atoms with Crippen LogP contribution >= 0.6 is 23.2 Å². The molecule has 176 valence electrons. The average Bonchev–Trinajstić information content (AvgIpc) is 3.03. The van der Waals surface area contributed by atoms with Crippen molar-refractivity contribution in [1.82, 2.24) is 15.5 Å². The van der Waals surface area contributed by atoms with Gasteiger partial charge in [0.2, 0.25) is 5.91 Å². The van der Waals surface area contributed by atoms with Gasteiger partial charge < -0.3 is 10.6 Å². The molecule has 2 aromatic carbocycles. The number of benzene rings is 2. The van der Waals surface area contributed by atoms with Crippen molar-refractivity contribution in [1.29, 1.82) is 0 Å². The number of hydrogen-bond acceptors (Lipinski definition) is 3. The van der Waals surface area contributed by atoms with E-state index in [2.05, 4.69) is 17.6 Å². The van der Waals surface area contributed by atoms with E-state index in [4.69, 9.17) is 23.2 Å². The molecule has 0 spiro atoms. The lowest BCUT2D eigenvalue weighted by Gasteiger charge is -2.27. The van der Waals surface area contributed by atoms with Crippen LogP contribution in [0.2, 0.25) is 10.0 Å². The first-order valence-corrected chi connectivity index (χ1v) is 12.0. The molecule has 2 atom stereocenters. The minimum Gasteiger partial charge on any atom is -0.354 e. The summed E-state index contributed by atoms with van der Waals surface area (Å²) in [7, 11) is 0. The van der Waals surface area contributed by atoms with Crippen LogP contribution < -0.4 is 10.6 Å². The van der Waals surface area contributed by atoms with Gasteiger partial charge in [0.15, 0.2) is 0 Å². The van der Waals surface area contributed by atoms with Gasteiger partial charge in [-0.05, 0) is 36.1 Å². The van der Waals surface area contributed by atoms with Crippen molar-refractivity contribution in [3.05, 3.63) is 69.7 Å². The van der Waals surface area contributed by atoms with E-state index in [-0.39, 0.29) is 12.5 Å². The van der Waals surface area contributed by atoms with Crippen LogP contribution in [-0.4, -0.2) is 35.8 Å². The molecular weight excluding hydrogens is 461 g/mol. The minimum absolute atomic E-state index is 0.00433. The summed E-state index contributed by atoms with van der Waals surface area (Å²) in [5.41, 5.74) is 0.479. The van der Waals surface area contributed by atoms with E-state index < -0.39 is 23.4 Å². The summed E-state index contributed by atoms with van der Waals surface area (Å²) in [6, 6.07) is 13.9. The summed E-state index contributed by atoms with van der Waals surface area (Å²) in [6.45, 7) is 4.02. The summed E-state index contributed by atoms with van der Waals surface area (Å²) in [4.78, 5) is 39.8. The van der Waals surface area contributed by atoms with Gasteiger partial charge in [0.1, 0.15) is 12.1 Å². The molecule has 2 aromatic rings. The minimum atomic E-state index is -1.14. The van der Waals surface area contributed by atoms with E-state index >= 15 is 0 Å². The normalized spacial score (nSPS) is 18.8. The number of imide groups is 1. The fourth-order valence-electron chi connectivity index (χ4n) is 4.36. The highest BCUT2D eigenvalue weighted by atomic mass is 35.5. The maximum absolute atomic E-state index is 13.3. The van der Waals surface area contributed by atoms with Gasteiger partial charge in [-0.25, -0.2) is 4.79 Å². The number of amides is 4. The van der Waals surface area contributed by atoms with Gasteiger partial charge in [0.25, 0.3) is 5.91 Å².